The molecule has 0 fully saturated rings. The molecular formula is C13H16F2O4S. The number of rotatable bonds is 5. The van der Waals surface area contributed by atoms with Crippen LogP contribution in [0.15, 0.2) is 12.1 Å². The molecule has 0 aromatic heterocycles. The average molecular weight is 306 g/mol. The largest absolute Gasteiger partial charge is 0.487 e. The molecule has 1 rings (SSSR count). The molecule has 0 bridgehead atoms. The molecule has 0 spiro atoms. The summed E-state index contributed by atoms with van der Waals surface area (Å²) in [6, 6.07) is 1.65. The van der Waals surface area contributed by atoms with Crippen LogP contribution in [0.3, 0.4) is 0 Å². The zero-order chi connectivity index (χ0) is 15.6. The van der Waals surface area contributed by atoms with Crippen LogP contribution < -0.4 is 4.74 Å². The van der Waals surface area contributed by atoms with Gasteiger partial charge in [-0.25, -0.2) is 17.2 Å². The molecular weight excluding hydrogens is 290 g/mol. The van der Waals surface area contributed by atoms with E-state index in [2.05, 4.69) is 0 Å². The van der Waals surface area contributed by atoms with Crippen LogP contribution in [0.25, 0.3) is 0 Å². The third-order valence-electron chi connectivity index (χ3n) is 2.69. The highest BCUT2D eigenvalue weighted by molar-refractivity contribution is 7.92. The van der Waals surface area contributed by atoms with Crippen LogP contribution in [0.5, 0.6) is 5.75 Å². The van der Waals surface area contributed by atoms with Gasteiger partial charge >= 0.3 is 0 Å². The standard InChI is InChI=1S/C13H16F2O4S/c1-13(2,3)20(17,18)5-4-19-12-10(14)6-9(8-16)7-11(12)15/h6-8H,4-5H2,1-3H3. The second kappa shape index (κ2) is 5.87. The smallest absolute Gasteiger partial charge is 0.190 e. The van der Waals surface area contributed by atoms with Crippen molar-refractivity contribution in [3.05, 3.63) is 29.3 Å². The molecule has 0 aliphatic rings. The SMILES string of the molecule is CC(C)(C)S(=O)(=O)CCOc1c(F)cc(C=O)cc1F. The van der Waals surface area contributed by atoms with Gasteiger partial charge in [-0.05, 0) is 32.9 Å². The van der Waals surface area contributed by atoms with Crippen LogP contribution >= 0.6 is 0 Å². The highest BCUT2D eigenvalue weighted by Gasteiger charge is 2.28. The summed E-state index contributed by atoms with van der Waals surface area (Å²) in [5, 5.41) is 0. The molecule has 4 nitrogen and oxygen atoms in total. The molecule has 0 heterocycles. The lowest BCUT2D eigenvalue weighted by Crippen LogP contribution is -2.32. The van der Waals surface area contributed by atoms with Crippen molar-refractivity contribution >= 4 is 16.1 Å². The quantitative estimate of drug-likeness (QED) is 0.784. The number of carbonyl (C=O) groups is 1. The molecule has 0 saturated carbocycles. The average Bonchev–Trinajstić information content (AvgIpc) is 2.30. The second-order valence-corrected chi connectivity index (χ2v) is 8.07. The Bertz CT molecular complexity index is 580. The van der Waals surface area contributed by atoms with Gasteiger partial charge in [-0.1, -0.05) is 0 Å². The summed E-state index contributed by atoms with van der Waals surface area (Å²) < 4.78 is 54.4. The van der Waals surface area contributed by atoms with Crippen LogP contribution in [0.4, 0.5) is 8.78 Å². The molecule has 0 aliphatic carbocycles. The van der Waals surface area contributed by atoms with Crippen molar-refractivity contribution in [1.82, 2.24) is 0 Å². The van der Waals surface area contributed by atoms with Crippen molar-refractivity contribution in [1.29, 1.82) is 0 Å². The third-order valence-corrected chi connectivity index (χ3v) is 5.26. The first kappa shape index (κ1) is 16.6. The Labute approximate surface area is 116 Å². The van der Waals surface area contributed by atoms with Crippen LogP contribution in [-0.4, -0.2) is 31.8 Å². The zero-order valence-corrected chi connectivity index (χ0v) is 12.3. The number of hydrogen-bond donors (Lipinski definition) is 0. The second-order valence-electron chi connectivity index (χ2n) is 5.21. The van der Waals surface area contributed by atoms with E-state index in [1.807, 2.05) is 0 Å². The number of ether oxygens (including phenoxy) is 1. The summed E-state index contributed by atoms with van der Waals surface area (Å²) in [5.74, 6) is -3.12. The van der Waals surface area contributed by atoms with Gasteiger partial charge in [0.25, 0.3) is 0 Å². The molecule has 0 N–H and O–H groups in total. The molecule has 0 amide bonds. The lowest BCUT2D eigenvalue weighted by atomic mass is 10.2. The fourth-order valence-corrected chi connectivity index (χ4v) is 2.26. The van der Waals surface area contributed by atoms with Gasteiger partial charge in [-0.3, -0.25) is 4.79 Å². The number of carbonyl (C=O) groups excluding carboxylic acids is 1. The van der Waals surface area contributed by atoms with E-state index in [0.29, 0.717) is 6.29 Å². The van der Waals surface area contributed by atoms with Crippen LogP contribution in [0, 0.1) is 11.6 Å². The fraction of sp³-hybridized carbons (Fsp3) is 0.462. The summed E-state index contributed by atoms with van der Waals surface area (Å²) in [4.78, 5) is 10.4. The topological polar surface area (TPSA) is 60.4 Å². The normalized spacial score (nSPS) is 12.2. The van der Waals surface area contributed by atoms with Gasteiger partial charge < -0.3 is 4.74 Å². The maximum absolute atomic E-state index is 13.5. The minimum atomic E-state index is -3.43. The van der Waals surface area contributed by atoms with E-state index in [1.165, 1.54) is 20.8 Å². The van der Waals surface area contributed by atoms with Crippen molar-refractivity contribution in [2.75, 3.05) is 12.4 Å². The summed E-state index contributed by atoms with van der Waals surface area (Å²) >= 11 is 0. The van der Waals surface area contributed by atoms with Gasteiger partial charge in [0.05, 0.1) is 10.5 Å². The van der Waals surface area contributed by atoms with Crippen LogP contribution in [-0.2, 0) is 9.84 Å². The Morgan fingerprint density at radius 3 is 2.10 bits per heavy atom. The van der Waals surface area contributed by atoms with E-state index in [9.17, 15) is 22.0 Å². The highest BCUT2D eigenvalue weighted by Crippen LogP contribution is 2.23. The molecule has 20 heavy (non-hydrogen) atoms. The Kier molecular flexibility index (Phi) is 4.86. The van der Waals surface area contributed by atoms with Crippen molar-refractivity contribution in [2.45, 2.75) is 25.5 Å². The van der Waals surface area contributed by atoms with E-state index in [-0.39, 0.29) is 17.9 Å². The molecule has 7 heteroatoms. The van der Waals surface area contributed by atoms with Gasteiger partial charge in [-0.2, -0.15) is 0 Å². The molecule has 0 atom stereocenters. The first-order valence-corrected chi connectivity index (χ1v) is 7.53. The Balaban J connectivity index is 2.80. The first-order valence-electron chi connectivity index (χ1n) is 5.88. The summed E-state index contributed by atoms with van der Waals surface area (Å²) in [7, 11) is -3.43. The fourth-order valence-electron chi connectivity index (χ4n) is 1.35. The molecule has 0 aliphatic heterocycles. The van der Waals surface area contributed by atoms with E-state index in [1.54, 1.807) is 0 Å². The minimum absolute atomic E-state index is 0.158. The number of benzene rings is 1. The van der Waals surface area contributed by atoms with Crippen molar-refractivity contribution in [3.8, 4) is 5.75 Å². The van der Waals surface area contributed by atoms with Crippen molar-refractivity contribution < 1.29 is 26.7 Å². The maximum atomic E-state index is 13.5. The van der Waals surface area contributed by atoms with Gasteiger partial charge in [0.1, 0.15) is 12.9 Å². The van der Waals surface area contributed by atoms with Gasteiger partial charge in [0.2, 0.25) is 0 Å². The highest BCUT2D eigenvalue weighted by atomic mass is 32.2. The zero-order valence-electron chi connectivity index (χ0n) is 11.4. The van der Waals surface area contributed by atoms with Gasteiger partial charge in [0.15, 0.2) is 27.2 Å². The molecule has 0 radical (unpaired) electrons. The van der Waals surface area contributed by atoms with E-state index < -0.39 is 32.0 Å². The van der Waals surface area contributed by atoms with Crippen LogP contribution in [0.2, 0.25) is 0 Å². The summed E-state index contributed by atoms with van der Waals surface area (Å²) in [6.45, 7) is 4.22. The lowest BCUT2D eigenvalue weighted by molar-refractivity contribution is 0.112. The minimum Gasteiger partial charge on any atom is -0.487 e. The number of halogens is 2. The summed E-state index contributed by atoms with van der Waals surface area (Å²) in [6.07, 6.45) is 0.306. The molecule has 1 aromatic rings. The monoisotopic (exact) mass is 306 g/mol. The first-order chi connectivity index (χ1) is 9.08. The van der Waals surface area contributed by atoms with E-state index in [0.717, 1.165) is 12.1 Å². The maximum Gasteiger partial charge on any atom is 0.190 e. The lowest BCUT2D eigenvalue weighted by Gasteiger charge is -2.19. The summed E-state index contributed by atoms with van der Waals surface area (Å²) in [5.41, 5.74) is -0.158. The number of aldehydes is 1. The molecule has 0 saturated heterocycles. The third kappa shape index (κ3) is 3.75. The number of sulfone groups is 1. The Hall–Kier alpha value is -1.50. The van der Waals surface area contributed by atoms with E-state index in [4.69, 9.17) is 4.74 Å². The number of hydrogen-bond acceptors (Lipinski definition) is 4. The van der Waals surface area contributed by atoms with Crippen molar-refractivity contribution in [3.63, 3.8) is 0 Å². The predicted molar refractivity (Wildman–Crippen MR) is 70.8 cm³/mol. The van der Waals surface area contributed by atoms with Gasteiger partial charge in [-0.15, -0.1) is 0 Å². The van der Waals surface area contributed by atoms with Crippen LogP contribution in [0.1, 0.15) is 31.1 Å². The van der Waals surface area contributed by atoms with E-state index >= 15 is 0 Å². The van der Waals surface area contributed by atoms with Crippen molar-refractivity contribution in [2.24, 2.45) is 0 Å². The molecule has 112 valence electrons. The Morgan fingerprint density at radius 1 is 1.20 bits per heavy atom. The van der Waals surface area contributed by atoms with Gasteiger partial charge in [0, 0.05) is 5.56 Å². The molecule has 1 aromatic carbocycles. The molecule has 0 unspecified atom stereocenters. The predicted octanol–water partition coefficient (Wildman–Crippen LogP) is 2.37. The Morgan fingerprint density at radius 2 is 1.70 bits per heavy atom.